The molecule has 0 unspecified atom stereocenters. The normalized spacial score (nSPS) is 12.5. The number of halogens is 3. The number of likely N-dealkylation sites (N-methyl/N-ethyl adjacent to an activating group) is 1. The summed E-state index contributed by atoms with van der Waals surface area (Å²) in [6.07, 6.45) is -4.14. The molecule has 0 bridgehead atoms. The van der Waals surface area contributed by atoms with E-state index in [1.807, 2.05) is 0 Å². The Hall–Kier alpha value is -0.330. The van der Waals surface area contributed by atoms with E-state index < -0.39 is 12.7 Å². The second-order valence-corrected chi connectivity index (χ2v) is 2.75. The monoisotopic (exact) mass is 200 g/mol. The maximum atomic E-state index is 11.8. The van der Waals surface area contributed by atoms with Gasteiger partial charge in [0, 0.05) is 13.1 Å². The van der Waals surface area contributed by atoms with Crippen molar-refractivity contribution in [3.05, 3.63) is 0 Å². The quantitative estimate of drug-likeness (QED) is 0.633. The fourth-order valence-corrected chi connectivity index (χ4v) is 0.791. The van der Waals surface area contributed by atoms with Crippen LogP contribution in [0.15, 0.2) is 0 Å². The van der Waals surface area contributed by atoms with Crippen molar-refractivity contribution < 1.29 is 17.9 Å². The van der Waals surface area contributed by atoms with Crippen LogP contribution in [0.1, 0.15) is 0 Å². The van der Waals surface area contributed by atoms with Crippen LogP contribution in [-0.2, 0) is 4.74 Å². The Morgan fingerprint density at radius 2 is 1.92 bits per heavy atom. The minimum atomic E-state index is -4.14. The van der Waals surface area contributed by atoms with Gasteiger partial charge in [-0.15, -0.1) is 0 Å². The average Bonchev–Trinajstić information content (AvgIpc) is 1.94. The van der Waals surface area contributed by atoms with E-state index in [9.17, 15) is 13.2 Å². The van der Waals surface area contributed by atoms with Gasteiger partial charge >= 0.3 is 6.18 Å². The summed E-state index contributed by atoms with van der Waals surface area (Å²) in [6.45, 7) is 0.422. The molecule has 2 N–H and O–H groups in total. The lowest BCUT2D eigenvalue weighted by atomic mass is 10.5. The van der Waals surface area contributed by atoms with E-state index >= 15 is 0 Å². The predicted octanol–water partition coefficient (Wildman–Crippen LogP) is 0.456. The van der Waals surface area contributed by atoms with Gasteiger partial charge in [0.1, 0.15) is 0 Å². The molecule has 0 saturated carbocycles. The van der Waals surface area contributed by atoms with Crippen molar-refractivity contribution in [2.24, 2.45) is 5.73 Å². The molecule has 0 aromatic carbocycles. The van der Waals surface area contributed by atoms with E-state index in [1.54, 1.807) is 0 Å². The highest BCUT2D eigenvalue weighted by molar-refractivity contribution is 4.57. The highest BCUT2D eigenvalue weighted by atomic mass is 19.4. The number of nitrogens with two attached hydrogens (primary N) is 1. The molecule has 0 aliphatic carbocycles. The molecule has 80 valence electrons. The van der Waals surface area contributed by atoms with Crippen molar-refractivity contribution in [2.45, 2.75) is 6.18 Å². The summed E-state index contributed by atoms with van der Waals surface area (Å²) < 4.78 is 40.3. The molecule has 0 heterocycles. The van der Waals surface area contributed by atoms with Gasteiger partial charge in [-0.1, -0.05) is 0 Å². The maximum absolute atomic E-state index is 11.8. The number of rotatable bonds is 6. The van der Waals surface area contributed by atoms with Crippen molar-refractivity contribution in [3.8, 4) is 0 Å². The Bertz CT molecular complexity index is 129. The van der Waals surface area contributed by atoms with E-state index in [0.717, 1.165) is 4.90 Å². The van der Waals surface area contributed by atoms with E-state index in [0.29, 0.717) is 13.2 Å². The van der Waals surface area contributed by atoms with Crippen molar-refractivity contribution in [1.29, 1.82) is 0 Å². The van der Waals surface area contributed by atoms with Gasteiger partial charge in [-0.05, 0) is 7.05 Å². The summed E-state index contributed by atoms with van der Waals surface area (Å²) in [5.41, 5.74) is 5.13. The minimum absolute atomic E-state index is 0.263. The van der Waals surface area contributed by atoms with Crippen LogP contribution >= 0.6 is 0 Å². The van der Waals surface area contributed by atoms with Crippen LogP contribution < -0.4 is 5.73 Å². The van der Waals surface area contributed by atoms with E-state index in [4.69, 9.17) is 10.5 Å². The first kappa shape index (κ1) is 12.7. The maximum Gasteiger partial charge on any atom is 0.401 e. The van der Waals surface area contributed by atoms with E-state index in [2.05, 4.69) is 0 Å². The van der Waals surface area contributed by atoms with Gasteiger partial charge in [-0.2, -0.15) is 13.2 Å². The number of nitrogens with zero attached hydrogens (tertiary/aromatic N) is 1. The first-order valence-corrected chi connectivity index (χ1v) is 3.99. The van der Waals surface area contributed by atoms with Crippen molar-refractivity contribution in [1.82, 2.24) is 4.90 Å². The fraction of sp³-hybridized carbons (Fsp3) is 1.00. The van der Waals surface area contributed by atoms with Gasteiger partial charge in [0.25, 0.3) is 0 Å². The zero-order valence-electron chi connectivity index (χ0n) is 7.60. The highest BCUT2D eigenvalue weighted by Gasteiger charge is 2.28. The molecule has 6 heteroatoms. The predicted molar refractivity (Wildman–Crippen MR) is 43.4 cm³/mol. The van der Waals surface area contributed by atoms with Crippen LogP contribution in [0.25, 0.3) is 0 Å². The molecule has 0 aromatic heterocycles. The number of hydrogen-bond acceptors (Lipinski definition) is 3. The third-order valence-electron chi connectivity index (χ3n) is 1.33. The Labute approximate surface area is 75.6 Å². The number of ether oxygens (including phenoxy) is 1. The second-order valence-electron chi connectivity index (χ2n) is 2.75. The smallest absolute Gasteiger partial charge is 0.379 e. The van der Waals surface area contributed by atoms with Crippen LogP contribution in [0.5, 0.6) is 0 Å². The van der Waals surface area contributed by atoms with E-state index in [1.165, 1.54) is 7.05 Å². The Kier molecular flexibility index (Phi) is 6.02. The zero-order chi connectivity index (χ0) is 10.3. The molecule has 0 spiro atoms. The molecule has 0 atom stereocenters. The zero-order valence-corrected chi connectivity index (χ0v) is 7.60. The van der Waals surface area contributed by atoms with Crippen molar-refractivity contribution >= 4 is 0 Å². The Balaban J connectivity index is 3.35. The molecule has 0 aliphatic heterocycles. The summed E-state index contributed by atoms with van der Waals surface area (Å²) in [6, 6.07) is 0. The van der Waals surface area contributed by atoms with Gasteiger partial charge in [0.2, 0.25) is 0 Å². The standard InChI is InChI=1S/C7H15F3N2O/c1-12(6-7(8,9)10)3-5-13-4-2-11/h2-6,11H2,1H3. The minimum Gasteiger partial charge on any atom is -0.379 e. The summed E-state index contributed by atoms with van der Waals surface area (Å²) in [5.74, 6) is 0. The molecule has 13 heavy (non-hydrogen) atoms. The number of alkyl halides is 3. The van der Waals surface area contributed by atoms with Crippen LogP contribution in [0, 0.1) is 0 Å². The molecule has 0 amide bonds. The third kappa shape index (κ3) is 9.59. The Morgan fingerprint density at radius 3 is 2.38 bits per heavy atom. The molecule has 3 nitrogen and oxygen atoms in total. The van der Waals surface area contributed by atoms with Gasteiger partial charge in [-0.3, -0.25) is 4.90 Å². The number of hydrogen-bond donors (Lipinski definition) is 1. The van der Waals surface area contributed by atoms with Gasteiger partial charge < -0.3 is 10.5 Å². The fourth-order valence-electron chi connectivity index (χ4n) is 0.791. The van der Waals surface area contributed by atoms with Gasteiger partial charge in [0.15, 0.2) is 0 Å². The molecule has 0 aromatic rings. The lowest BCUT2D eigenvalue weighted by molar-refractivity contribution is -0.144. The molecule has 0 rings (SSSR count). The van der Waals surface area contributed by atoms with Gasteiger partial charge in [-0.25, -0.2) is 0 Å². The SMILES string of the molecule is CN(CCOCCN)CC(F)(F)F. The van der Waals surface area contributed by atoms with Crippen LogP contribution in [0.3, 0.4) is 0 Å². The molecular formula is C7H15F3N2O. The molecule has 0 aliphatic rings. The molecular weight excluding hydrogens is 185 g/mol. The van der Waals surface area contributed by atoms with E-state index in [-0.39, 0.29) is 13.2 Å². The summed E-state index contributed by atoms with van der Waals surface area (Å²) >= 11 is 0. The summed E-state index contributed by atoms with van der Waals surface area (Å²) in [4.78, 5) is 1.16. The Morgan fingerprint density at radius 1 is 1.31 bits per heavy atom. The topological polar surface area (TPSA) is 38.5 Å². The van der Waals surface area contributed by atoms with Gasteiger partial charge in [0.05, 0.1) is 19.8 Å². The van der Waals surface area contributed by atoms with Crippen LogP contribution in [-0.4, -0.2) is 51.0 Å². The largest absolute Gasteiger partial charge is 0.401 e. The summed E-state index contributed by atoms with van der Waals surface area (Å²) in [5, 5.41) is 0. The third-order valence-corrected chi connectivity index (χ3v) is 1.33. The van der Waals surface area contributed by atoms with Crippen LogP contribution in [0.4, 0.5) is 13.2 Å². The lowest BCUT2D eigenvalue weighted by Gasteiger charge is -2.17. The summed E-state index contributed by atoms with van der Waals surface area (Å²) in [7, 11) is 1.40. The molecule has 0 radical (unpaired) electrons. The molecule has 0 fully saturated rings. The first-order valence-electron chi connectivity index (χ1n) is 3.99. The average molecular weight is 200 g/mol. The lowest BCUT2D eigenvalue weighted by Crippen LogP contribution is -2.33. The van der Waals surface area contributed by atoms with Crippen LogP contribution in [0.2, 0.25) is 0 Å². The van der Waals surface area contributed by atoms with Crippen molar-refractivity contribution in [3.63, 3.8) is 0 Å². The molecule has 0 saturated heterocycles. The highest BCUT2D eigenvalue weighted by Crippen LogP contribution is 2.14. The first-order chi connectivity index (χ1) is 5.95. The second kappa shape index (κ2) is 6.17. The van der Waals surface area contributed by atoms with Crippen molar-refractivity contribution in [2.75, 3.05) is 39.9 Å².